The minimum atomic E-state index is -0.796. The number of nitrogens with one attached hydrogen (secondary N) is 1. The van der Waals surface area contributed by atoms with Crippen LogP contribution in [0.5, 0.6) is 5.75 Å². The molecule has 110 valence electrons. The molecule has 0 aromatic heterocycles. The van der Waals surface area contributed by atoms with Crippen molar-refractivity contribution in [1.29, 1.82) is 0 Å². The fourth-order valence-corrected chi connectivity index (χ4v) is 1.73. The zero-order chi connectivity index (χ0) is 15.1. The molecule has 3 N–H and O–H groups in total. The van der Waals surface area contributed by atoms with Gasteiger partial charge in [0.2, 0.25) is 5.91 Å². The maximum atomic E-state index is 11.8. The number of benzene rings is 1. The van der Waals surface area contributed by atoms with E-state index in [-0.39, 0.29) is 6.42 Å². The summed E-state index contributed by atoms with van der Waals surface area (Å²) in [6.45, 7) is 1.55. The summed E-state index contributed by atoms with van der Waals surface area (Å²) in [5.41, 5.74) is 6.29. The topological polar surface area (TPSA) is 90.6 Å². The van der Waals surface area contributed by atoms with Crippen molar-refractivity contribution in [2.24, 2.45) is 5.73 Å². The normalized spacial score (nSPS) is 13.2. The molecule has 6 nitrogen and oxygen atoms in total. The van der Waals surface area contributed by atoms with Crippen LogP contribution in [0.1, 0.15) is 12.5 Å². The van der Waals surface area contributed by atoms with Gasteiger partial charge in [-0.25, -0.2) is 4.79 Å². The molecule has 0 aliphatic rings. The molecule has 0 fully saturated rings. The summed E-state index contributed by atoms with van der Waals surface area (Å²) in [5.74, 6) is -0.281. The Hall–Kier alpha value is -2.08. The molecule has 0 unspecified atom stereocenters. The number of esters is 1. The standard InChI is InChI=1S/C14H20N2O4/c1-9(15)13(17)16-11(14(18)20-3)8-10-6-4-5-7-12(10)19-2/h4-7,9,11H,8,15H2,1-3H3,(H,16,17)/t9-,11-/m0/s1. The third kappa shape index (κ3) is 4.24. The van der Waals surface area contributed by atoms with Crippen molar-refractivity contribution in [3.63, 3.8) is 0 Å². The lowest BCUT2D eigenvalue weighted by atomic mass is 10.0. The van der Waals surface area contributed by atoms with Crippen LogP contribution in [0.3, 0.4) is 0 Å². The van der Waals surface area contributed by atoms with Gasteiger partial charge >= 0.3 is 5.97 Å². The molecular formula is C14H20N2O4. The molecule has 0 aliphatic carbocycles. The largest absolute Gasteiger partial charge is 0.496 e. The number of nitrogens with two attached hydrogens (primary N) is 1. The fourth-order valence-electron chi connectivity index (χ4n) is 1.73. The summed E-state index contributed by atoms with van der Waals surface area (Å²) in [4.78, 5) is 23.4. The van der Waals surface area contributed by atoms with Crippen molar-refractivity contribution in [2.45, 2.75) is 25.4 Å². The van der Waals surface area contributed by atoms with E-state index in [1.807, 2.05) is 18.2 Å². The molecule has 0 radical (unpaired) electrons. The molecule has 2 atom stereocenters. The highest BCUT2D eigenvalue weighted by atomic mass is 16.5. The molecular weight excluding hydrogens is 260 g/mol. The number of carbonyl (C=O) groups excluding carboxylic acids is 2. The van der Waals surface area contributed by atoms with Gasteiger partial charge in [-0.1, -0.05) is 18.2 Å². The molecule has 0 bridgehead atoms. The van der Waals surface area contributed by atoms with Gasteiger partial charge in [0.15, 0.2) is 0 Å². The van der Waals surface area contributed by atoms with Crippen molar-refractivity contribution in [3.8, 4) is 5.75 Å². The van der Waals surface area contributed by atoms with Gasteiger partial charge in [0.1, 0.15) is 11.8 Å². The second-order valence-corrected chi connectivity index (χ2v) is 4.39. The van der Waals surface area contributed by atoms with Crippen molar-refractivity contribution in [2.75, 3.05) is 14.2 Å². The van der Waals surface area contributed by atoms with E-state index in [0.29, 0.717) is 5.75 Å². The van der Waals surface area contributed by atoms with Crippen LogP contribution in [0.15, 0.2) is 24.3 Å². The molecule has 20 heavy (non-hydrogen) atoms. The van der Waals surface area contributed by atoms with E-state index in [1.165, 1.54) is 7.11 Å². The molecule has 0 saturated carbocycles. The maximum absolute atomic E-state index is 11.8. The zero-order valence-corrected chi connectivity index (χ0v) is 11.9. The van der Waals surface area contributed by atoms with Crippen LogP contribution in [0.4, 0.5) is 0 Å². The first kappa shape index (κ1) is 16.0. The van der Waals surface area contributed by atoms with Crippen LogP contribution in [0, 0.1) is 0 Å². The number of rotatable bonds is 6. The van der Waals surface area contributed by atoms with Gasteiger partial charge < -0.3 is 20.5 Å². The lowest BCUT2D eigenvalue weighted by Crippen LogP contribution is -2.48. The number of hydrogen-bond acceptors (Lipinski definition) is 5. The lowest BCUT2D eigenvalue weighted by molar-refractivity contribution is -0.145. The highest BCUT2D eigenvalue weighted by Gasteiger charge is 2.24. The van der Waals surface area contributed by atoms with Crippen molar-refractivity contribution in [3.05, 3.63) is 29.8 Å². The van der Waals surface area contributed by atoms with Crippen molar-refractivity contribution in [1.82, 2.24) is 5.32 Å². The predicted octanol–water partition coefficient (Wildman–Crippen LogP) is 0.243. The van der Waals surface area contributed by atoms with Gasteiger partial charge in [-0.05, 0) is 18.6 Å². The van der Waals surface area contributed by atoms with Crippen LogP contribution >= 0.6 is 0 Å². The number of amides is 1. The van der Waals surface area contributed by atoms with Gasteiger partial charge in [-0.3, -0.25) is 4.79 Å². The molecule has 1 amide bonds. The smallest absolute Gasteiger partial charge is 0.328 e. The van der Waals surface area contributed by atoms with Gasteiger partial charge in [0, 0.05) is 6.42 Å². The van der Waals surface area contributed by atoms with Gasteiger partial charge in [0.05, 0.1) is 20.3 Å². The maximum Gasteiger partial charge on any atom is 0.328 e. The van der Waals surface area contributed by atoms with Crippen molar-refractivity contribution < 1.29 is 19.1 Å². The summed E-state index contributed by atoms with van der Waals surface area (Å²) in [5, 5.41) is 2.57. The molecule has 1 aromatic rings. The monoisotopic (exact) mass is 280 g/mol. The Morgan fingerprint density at radius 2 is 1.95 bits per heavy atom. The predicted molar refractivity (Wildman–Crippen MR) is 74.3 cm³/mol. The van der Waals surface area contributed by atoms with E-state index in [1.54, 1.807) is 20.1 Å². The highest BCUT2D eigenvalue weighted by Crippen LogP contribution is 2.19. The molecule has 0 aliphatic heterocycles. The van der Waals surface area contributed by atoms with E-state index >= 15 is 0 Å². The van der Waals surface area contributed by atoms with Crippen molar-refractivity contribution >= 4 is 11.9 Å². The number of methoxy groups -OCH3 is 2. The summed E-state index contributed by atoms with van der Waals surface area (Å²) in [6, 6.07) is 5.79. The average Bonchev–Trinajstić information content (AvgIpc) is 2.45. The van der Waals surface area contributed by atoms with E-state index in [9.17, 15) is 9.59 Å². The van der Waals surface area contributed by atoms with Crippen LogP contribution < -0.4 is 15.8 Å². The number of ether oxygens (including phenoxy) is 2. The highest BCUT2D eigenvalue weighted by molar-refractivity contribution is 5.87. The average molecular weight is 280 g/mol. The Labute approximate surface area is 118 Å². The summed E-state index contributed by atoms with van der Waals surface area (Å²) in [7, 11) is 2.82. The van der Waals surface area contributed by atoms with Crippen LogP contribution in [0.2, 0.25) is 0 Å². The molecule has 0 heterocycles. The van der Waals surface area contributed by atoms with E-state index in [2.05, 4.69) is 5.32 Å². The molecule has 1 rings (SSSR count). The number of hydrogen-bond donors (Lipinski definition) is 2. The van der Waals surface area contributed by atoms with Gasteiger partial charge in [-0.15, -0.1) is 0 Å². The lowest BCUT2D eigenvalue weighted by Gasteiger charge is -2.19. The summed E-state index contributed by atoms with van der Waals surface area (Å²) < 4.78 is 9.93. The Morgan fingerprint density at radius 1 is 1.30 bits per heavy atom. The first-order valence-electron chi connectivity index (χ1n) is 6.25. The fraction of sp³-hybridized carbons (Fsp3) is 0.429. The second kappa shape index (κ2) is 7.49. The Balaban J connectivity index is 2.89. The number of para-hydroxylation sites is 1. The Bertz CT molecular complexity index is 474. The minimum Gasteiger partial charge on any atom is -0.496 e. The molecule has 1 aromatic carbocycles. The van der Waals surface area contributed by atoms with E-state index in [4.69, 9.17) is 15.2 Å². The zero-order valence-electron chi connectivity index (χ0n) is 11.9. The second-order valence-electron chi connectivity index (χ2n) is 4.39. The molecule has 0 saturated heterocycles. The van der Waals surface area contributed by atoms with E-state index < -0.39 is 24.0 Å². The molecule has 0 spiro atoms. The minimum absolute atomic E-state index is 0.273. The third-order valence-corrected chi connectivity index (χ3v) is 2.83. The summed E-state index contributed by atoms with van der Waals surface area (Å²) >= 11 is 0. The Kier molecular flexibility index (Phi) is 5.99. The summed E-state index contributed by atoms with van der Waals surface area (Å²) in [6.07, 6.45) is 0.273. The molecule has 6 heteroatoms. The Morgan fingerprint density at radius 3 is 2.50 bits per heavy atom. The van der Waals surface area contributed by atoms with Crippen LogP contribution in [-0.2, 0) is 20.7 Å². The van der Waals surface area contributed by atoms with Crippen LogP contribution in [-0.4, -0.2) is 38.2 Å². The quantitative estimate of drug-likeness (QED) is 0.729. The first-order valence-corrected chi connectivity index (χ1v) is 6.25. The van der Waals surface area contributed by atoms with E-state index in [0.717, 1.165) is 5.56 Å². The van der Waals surface area contributed by atoms with Crippen LogP contribution in [0.25, 0.3) is 0 Å². The van der Waals surface area contributed by atoms with Gasteiger partial charge in [-0.2, -0.15) is 0 Å². The SMILES string of the molecule is COC(=O)[C@H](Cc1ccccc1OC)NC(=O)[C@H](C)N. The third-order valence-electron chi connectivity index (χ3n) is 2.83. The first-order chi connectivity index (χ1) is 9.49. The van der Waals surface area contributed by atoms with Gasteiger partial charge in [0.25, 0.3) is 0 Å². The number of carbonyl (C=O) groups is 2.